The Morgan fingerprint density at radius 3 is 2.26 bits per heavy atom. The highest BCUT2D eigenvalue weighted by molar-refractivity contribution is 6.24. The van der Waals surface area contributed by atoms with Crippen molar-refractivity contribution >= 4 is 65.8 Å². The molecule has 0 spiro atoms. The quantitative estimate of drug-likeness (QED) is 0.192. The van der Waals surface area contributed by atoms with Crippen molar-refractivity contribution in [2.75, 3.05) is 6.61 Å². The number of rotatable bonds is 3. The lowest BCUT2D eigenvalue weighted by molar-refractivity contribution is 0.369. The molecule has 10 rings (SSSR count). The van der Waals surface area contributed by atoms with Crippen LogP contribution in [0, 0.1) is 0 Å². The van der Waals surface area contributed by atoms with Crippen LogP contribution in [0.25, 0.3) is 83.0 Å². The summed E-state index contributed by atoms with van der Waals surface area (Å²) in [6, 6.07) is 45.7. The highest BCUT2D eigenvalue weighted by Gasteiger charge is 2.22. The van der Waals surface area contributed by atoms with Crippen molar-refractivity contribution < 1.29 is 9.15 Å². The fraction of sp³-hybridized carbons (Fsp3) is 0.0222. The highest BCUT2D eigenvalue weighted by atomic mass is 16.5. The summed E-state index contributed by atoms with van der Waals surface area (Å²) in [5, 5.41) is 5.23. The van der Waals surface area contributed by atoms with Crippen molar-refractivity contribution in [1.82, 2.24) is 14.5 Å². The van der Waals surface area contributed by atoms with Gasteiger partial charge in [-0.15, -0.1) is 0 Å². The van der Waals surface area contributed by atoms with Crippen LogP contribution >= 0.6 is 0 Å². The molecule has 4 heterocycles. The Bertz CT molecular complexity index is 2890. The molecule has 1 aliphatic heterocycles. The summed E-state index contributed by atoms with van der Waals surface area (Å²) in [7, 11) is 0. The Morgan fingerprint density at radius 2 is 1.34 bits per heavy atom. The monoisotopic (exact) mass is 643 g/mol. The number of fused-ring (bicyclic) bond motifs is 9. The molecule has 0 saturated heterocycles. The summed E-state index contributed by atoms with van der Waals surface area (Å²) >= 11 is 0. The first-order valence-electron chi connectivity index (χ1n) is 16.7. The normalized spacial score (nSPS) is 15.0. The first-order chi connectivity index (χ1) is 24.7. The van der Waals surface area contributed by atoms with Gasteiger partial charge in [0.15, 0.2) is 0 Å². The molecular formula is C45H29N3O2. The molecule has 0 N–H and O–H groups in total. The molecular weight excluding hydrogens is 615 g/mol. The molecule has 0 radical (unpaired) electrons. The molecule has 5 heteroatoms. The smallest absolute Gasteiger partial charge is 0.235 e. The van der Waals surface area contributed by atoms with Gasteiger partial charge in [-0.25, -0.2) is 9.97 Å². The molecule has 9 aromatic rings. The van der Waals surface area contributed by atoms with E-state index in [0.717, 1.165) is 93.9 Å². The number of allylic oxidation sites excluding steroid dienone is 4. The zero-order chi connectivity index (χ0) is 33.2. The van der Waals surface area contributed by atoms with Gasteiger partial charge >= 0.3 is 0 Å². The lowest BCUT2D eigenvalue weighted by atomic mass is 10.0. The van der Waals surface area contributed by atoms with Gasteiger partial charge in [-0.3, -0.25) is 4.57 Å². The Hall–Kier alpha value is -6.72. The summed E-state index contributed by atoms with van der Waals surface area (Å²) in [5.41, 5.74) is 10.4. The molecule has 1 aliphatic rings. The van der Waals surface area contributed by atoms with Gasteiger partial charge in [-0.2, -0.15) is 0 Å². The van der Waals surface area contributed by atoms with Crippen LogP contribution in [0.15, 0.2) is 163 Å². The van der Waals surface area contributed by atoms with Gasteiger partial charge in [0.25, 0.3) is 0 Å². The van der Waals surface area contributed by atoms with Crippen molar-refractivity contribution in [1.29, 1.82) is 0 Å². The van der Waals surface area contributed by atoms with E-state index < -0.39 is 0 Å². The summed E-state index contributed by atoms with van der Waals surface area (Å²) in [6.07, 6.45) is 6.17. The third-order valence-corrected chi connectivity index (χ3v) is 9.70. The van der Waals surface area contributed by atoms with Crippen LogP contribution < -0.4 is 4.74 Å². The summed E-state index contributed by atoms with van der Waals surface area (Å²) in [6.45, 7) is 4.65. The maximum Gasteiger partial charge on any atom is 0.235 e. The minimum absolute atomic E-state index is 0.391. The maximum atomic E-state index is 6.97. The second kappa shape index (κ2) is 11.2. The van der Waals surface area contributed by atoms with Crippen LogP contribution in [0.2, 0.25) is 0 Å². The molecule has 50 heavy (non-hydrogen) atoms. The van der Waals surface area contributed by atoms with Gasteiger partial charge in [0.1, 0.15) is 23.5 Å². The van der Waals surface area contributed by atoms with Crippen molar-refractivity contribution in [2.45, 2.75) is 0 Å². The van der Waals surface area contributed by atoms with E-state index in [9.17, 15) is 0 Å². The SMILES string of the molecule is C=C1/C=C\C=C(\c2cccc3c2oc2c3ccc3c2c2ccccc2n3-c2nc(-c3ccccc3)c3ccccc3n2)COc2ccccc21. The van der Waals surface area contributed by atoms with E-state index in [2.05, 4.69) is 96.1 Å². The maximum absolute atomic E-state index is 6.97. The molecule has 0 fully saturated rings. The number of hydrogen-bond acceptors (Lipinski definition) is 4. The van der Waals surface area contributed by atoms with Gasteiger partial charge in [0.05, 0.1) is 27.6 Å². The largest absolute Gasteiger partial charge is 0.488 e. The number of nitrogens with zero attached hydrogens (tertiary/aromatic N) is 3. The van der Waals surface area contributed by atoms with Crippen LogP contribution in [0.5, 0.6) is 5.75 Å². The number of para-hydroxylation sites is 4. The zero-order valence-corrected chi connectivity index (χ0v) is 27.0. The summed E-state index contributed by atoms with van der Waals surface area (Å²) in [4.78, 5) is 10.4. The molecule has 0 amide bonds. The van der Waals surface area contributed by atoms with E-state index in [0.29, 0.717) is 12.6 Å². The third kappa shape index (κ3) is 4.34. The Labute approximate surface area is 287 Å². The number of ether oxygens (including phenoxy) is 1. The number of aromatic nitrogens is 3. The first kappa shape index (κ1) is 28.3. The fourth-order valence-electron chi connectivity index (χ4n) is 7.36. The summed E-state index contributed by atoms with van der Waals surface area (Å²) in [5.74, 6) is 1.43. The predicted molar refractivity (Wildman–Crippen MR) is 205 cm³/mol. The standard InChI is InChI=1S/C45H29N3O2/c1-28-13-11-16-30(27-49-40-24-10-7-17-31(28)40)32-20-12-21-33-34-25-26-39-41(44(34)50-43(32)33)36-19-6-9-23-38(36)48(39)45-46-37-22-8-5-18-35(37)42(47-45)29-14-3-2-4-15-29/h2-26H,1,27H2/b13-11-,30-16+. The van der Waals surface area contributed by atoms with Crippen molar-refractivity contribution in [3.8, 4) is 23.0 Å². The minimum atomic E-state index is 0.391. The van der Waals surface area contributed by atoms with Gasteiger partial charge in [-0.1, -0.05) is 128 Å². The first-order valence-corrected chi connectivity index (χ1v) is 16.7. The number of benzene rings is 6. The van der Waals surface area contributed by atoms with Crippen LogP contribution in [-0.2, 0) is 0 Å². The second-order valence-corrected chi connectivity index (χ2v) is 12.6. The van der Waals surface area contributed by atoms with Gasteiger partial charge in [0.2, 0.25) is 5.95 Å². The lowest BCUT2D eigenvalue weighted by Gasteiger charge is -2.13. The average molecular weight is 644 g/mol. The molecule has 0 aliphatic carbocycles. The molecule has 0 unspecified atom stereocenters. The van der Waals surface area contributed by atoms with E-state index in [1.807, 2.05) is 66.7 Å². The van der Waals surface area contributed by atoms with Crippen LogP contribution in [0.1, 0.15) is 11.1 Å². The van der Waals surface area contributed by atoms with Gasteiger partial charge in [0, 0.05) is 43.8 Å². The lowest BCUT2D eigenvalue weighted by Crippen LogP contribution is -2.03. The molecule has 0 bridgehead atoms. The van der Waals surface area contributed by atoms with E-state index in [4.69, 9.17) is 19.1 Å². The molecule has 6 aromatic carbocycles. The molecule has 3 aromatic heterocycles. The Balaban J connectivity index is 1.20. The Kier molecular flexibility index (Phi) is 6.33. The van der Waals surface area contributed by atoms with Crippen molar-refractivity contribution in [2.24, 2.45) is 0 Å². The number of furan rings is 1. The number of hydrogen-bond donors (Lipinski definition) is 0. The van der Waals surface area contributed by atoms with E-state index in [1.54, 1.807) is 0 Å². The van der Waals surface area contributed by atoms with Gasteiger partial charge in [-0.05, 0) is 35.9 Å². The van der Waals surface area contributed by atoms with Gasteiger partial charge < -0.3 is 9.15 Å². The fourth-order valence-corrected chi connectivity index (χ4v) is 7.36. The van der Waals surface area contributed by atoms with E-state index in [-0.39, 0.29) is 0 Å². The van der Waals surface area contributed by atoms with Crippen molar-refractivity contribution in [3.05, 3.63) is 169 Å². The highest BCUT2D eigenvalue weighted by Crippen LogP contribution is 2.42. The second-order valence-electron chi connectivity index (χ2n) is 12.6. The van der Waals surface area contributed by atoms with Crippen LogP contribution in [0.3, 0.4) is 0 Å². The topological polar surface area (TPSA) is 53.1 Å². The molecule has 5 nitrogen and oxygen atoms in total. The van der Waals surface area contributed by atoms with Crippen molar-refractivity contribution in [3.63, 3.8) is 0 Å². The molecule has 0 saturated carbocycles. The predicted octanol–water partition coefficient (Wildman–Crippen LogP) is 11.3. The summed E-state index contributed by atoms with van der Waals surface area (Å²) < 4.78 is 15.5. The van der Waals surface area contributed by atoms with Crippen LogP contribution in [-0.4, -0.2) is 21.1 Å². The minimum Gasteiger partial charge on any atom is -0.488 e. The molecule has 0 atom stereocenters. The Morgan fingerprint density at radius 1 is 0.600 bits per heavy atom. The third-order valence-electron chi connectivity index (χ3n) is 9.70. The van der Waals surface area contributed by atoms with E-state index >= 15 is 0 Å². The molecule has 236 valence electrons. The van der Waals surface area contributed by atoms with Crippen LogP contribution in [0.4, 0.5) is 0 Å². The zero-order valence-electron chi connectivity index (χ0n) is 27.0. The average Bonchev–Trinajstić information content (AvgIpc) is 3.74. The van der Waals surface area contributed by atoms with E-state index in [1.165, 1.54) is 0 Å².